The Bertz CT molecular complexity index is 1030. The molecule has 0 bridgehead atoms. The largest absolute Gasteiger partial charge is 0.478 e. The van der Waals surface area contributed by atoms with Crippen LogP contribution in [-0.2, 0) is 6.54 Å². The third-order valence-electron chi connectivity index (χ3n) is 3.60. The highest BCUT2D eigenvalue weighted by Crippen LogP contribution is 2.18. The van der Waals surface area contributed by atoms with Crippen molar-refractivity contribution in [2.45, 2.75) is 6.54 Å². The summed E-state index contributed by atoms with van der Waals surface area (Å²) >= 11 is 0. The number of carboxylic acid groups (broad SMARTS) is 1. The van der Waals surface area contributed by atoms with Crippen LogP contribution >= 0.6 is 0 Å². The predicted molar refractivity (Wildman–Crippen MR) is 85.2 cm³/mol. The number of nitrogens with zero attached hydrogens (tertiary/aromatic N) is 3. The molecule has 0 amide bonds. The quantitative estimate of drug-likeness (QED) is 0.580. The molecule has 0 aliphatic heterocycles. The second-order valence-corrected chi connectivity index (χ2v) is 5.10. The number of fused-ring (bicyclic) bond motifs is 1. The van der Waals surface area contributed by atoms with E-state index < -0.39 is 16.5 Å². The summed E-state index contributed by atoms with van der Waals surface area (Å²) in [5.41, 5.74) is 0.207. The van der Waals surface area contributed by atoms with Gasteiger partial charge in [0, 0.05) is 11.6 Å². The molecular formula is C16H11N3O5. The van der Waals surface area contributed by atoms with Gasteiger partial charge in [0.2, 0.25) is 0 Å². The van der Waals surface area contributed by atoms with E-state index in [-0.39, 0.29) is 28.7 Å². The van der Waals surface area contributed by atoms with Gasteiger partial charge in [-0.05, 0) is 18.2 Å². The molecule has 0 saturated carbocycles. The maximum Gasteiger partial charge on any atom is 0.335 e. The van der Waals surface area contributed by atoms with Crippen LogP contribution in [0.15, 0.2) is 53.6 Å². The molecule has 3 aromatic rings. The van der Waals surface area contributed by atoms with Crippen LogP contribution in [0, 0.1) is 10.1 Å². The number of carboxylic acids is 1. The summed E-state index contributed by atoms with van der Waals surface area (Å²) in [5.74, 6) is -1.11. The maximum atomic E-state index is 12.5. The number of hydrogen-bond donors (Lipinski definition) is 1. The molecule has 24 heavy (non-hydrogen) atoms. The predicted octanol–water partition coefficient (Wildman–Crippen LogP) is 2.05. The summed E-state index contributed by atoms with van der Waals surface area (Å²) in [7, 11) is 0. The molecule has 2 aromatic carbocycles. The highest BCUT2D eigenvalue weighted by molar-refractivity contribution is 5.92. The molecule has 1 N–H and O–H groups in total. The fourth-order valence-electron chi connectivity index (χ4n) is 2.41. The van der Waals surface area contributed by atoms with Crippen LogP contribution in [0.1, 0.15) is 15.9 Å². The summed E-state index contributed by atoms with van der Waals surface area (Å²) in [6, 6.07) is 10.2. The maximum absolute atomic E-state index is 12.5. The Morgan fingerprint density at radius 3 is 2.71 bits per heavy atom. The van der Waals surface area contributed by atoms with Crippen molar-refractivity contribution < 1.29 is 14.8 Å². The lowest BCUT2D eigenvalue weighted by Gasteiger charge is -2.07. The lowest BCUT2D eigenvalue weighted by molar-refractivity contribution is -0.385. The van der Waals surface area contributed by atoms with Crippen molar-refractivity contribution >= 4 is 22.6 Å². The van der Waals surface area contributed by atoms with Crippen LogP contribution in [0.4, 0.5) is 5.69 Å². The second-order valence-electron chi connectivity index (χ2n) is 5.10. The molecule has 1 aromatic heterocycles. The Morgan fingerprint density at radius 1 is 1.25 bits per heavy atom. The fourth-order valence-corrected chi connectivity index (χ4v) is 2.41. The topological polar surface area (TPSA) is 115 Å². The molecule has 3 rings (SSSR count). The summed E-state index contributed by atoms with van der Waals surface area (Å²) in [4.78, 5) is 38.1. The van der Waals surface area contributed by atoms with E-state index >= 15 is 0 Å². The molecule has 0 saturated heterocycles. The van der Waals surface area contributed by atoms with Crippen molar-refractivity contribution in [3.05, 3.63) is 80.4 Å². The number of hydrogen-bond acceptors (Lipinski definition) is 5. The molecule has 0 atom stereocenters. The van der Waals surface area contributed by atoms with Crippen molar-refractivity contribution in [1.82, 2.24) is 9.55 Å². The Morgan fingerprint density at radius 2 is 2.00 bits per heavy atom. The van der Waals surface area contributed by atoms with Crippen LogP contribution in [-0.4, -0.2) is 25.6 Å². The van der Waals surface area contributed by atoms with Gasteiger partial charge >= 0.3 is 5.97 Å². The van der Waals surface area contributed by atoms with Crippen LogP contribution in [0.25, 0.3) is 10.9 Å². The van der Waals surface area contributed by atoms with Crippen molar-refractivity contribution in [3.63, 3.8) is 0 Å². The standard InChI is InChI=1S/C16H11N3O5/c20-15-12-6-5-10(16(21)22)7-13(12)17-9-18(15)8-11-3-1-2-4-14(11)19(23)24/h1-7,9H,8H2,(H,21,22). The average Bonchev–Trinajstić information content (AvgIpc) is 2.57. The second kappa shape index (κ2) is 5.92. The molecule has 1 heterocycles. The first-order valence-electron chi connectivity index (χ1n) is 6.92. The van der Waals surface area contributed by atoms with Gasteiger partial charge in [-0.15, -0.1) is 0 Å². The van der Waals surface area contributed by atoms with Crippen LogP contribution in [0.3, 0.4) is 0 Å². The summed E-state index contributed by atoms with van der Waals surface area (Å²) in [6.07, 6.45) is 1.26. The zero-order valence-electron chi connectivity index (χ0n) is 12.2. The monoisotopic (exact) mass is 325 g/mol. The molecule has 0 unspecified atom stereocenters. The Labute approximate surface area is 134 Å². The third kappa shape index (κ3) is 2.72. The molecule has 0 aliphatic carbocycles. The van der Waals surface area contributed by atoms with E-state index in [0.717, 1.165) is 0 Å². The smallest absolute Gasteiger partial charge is 0.335 e. The van der Waals surface area contributed by atoms with Gasteiger partial charge in [0.1, 0.15) is 0 Å². The van der Waals surface area contributed by atoms with E-state index in [0.29, 0.717) is 5.56 Å². The number of para-hydroxylation sites is 1. The van der Waals surface area contributed by atoms with E-state index in [1.54, 1.807) is 18.2 Å². The lowest BCUT2D eigenvalue weighted by Crippen LogP contribution is -2.21. The first-order valence-corrected chi connectivity index (χ1v) is 6.92. The SMILES string of the molecule is O=C(O)c1ccc2c(=O)n(Cc3ccccc3[N+](=O)[O-])cnc2c1. The molecule has 0 spiro atoms. The summed E-state index contributed by atoms with van der Waals surface area (Å²) < 4.78 is 1.26. The number of nitro benzene ring substituents is 1. The van der Waals surface area contributed by atoms with Gasteiger partial charge in [0.05, 0.1) is 34.3 Å². The van der Waals surface area contributed by atoms with Gasteiger partial charge in [0.25, 0.3) is 11.2 Å². The van der Waals surface area contributed by atoms with Crippen LogP contribution in [0.5, 0.6) is 0 Å². The number of carbonyl (C=O) groups is 1. The van der Waals surface area contributed by atoms with Gasteiger partial charge in [-0.2, -0.15) is 0 Å². The van der Waals surface area contributed by atoms with Gasteiger partial charge in [-0.1, -0.05) is 18.2 Å². The number of nitro groups is 1. The van der Waals surface area contributed by atoms with Crippen molar-refractivity contribution in [2.75, 3.05) is 0 Å². The first kappa shape index (κ1) is 15.3. The number of rotatable bonds is 4. The fraction of sp³-hybridized carbons (Fsp3) is 0.0625. The average molecular weight is 325 g/mol. The highest BCUT2D eigenvalue weighted by Gasteiger charge is 2.14. The molecule has 0 radical (unpaired) electrons. The summed E-state index contributed by atoms with van der Waals surface area (Å²) in [6.45, 7) is -0.000388. The Balaban J connectivity index is 2.07. The zero-order chi connectivity index (χ0) is 17.3. The first-order chi connectivity index (χ1) is 11.5. The molecule has 0 aliphatic rings. The normalized spacial score (nSPS) is 10.7. The Kier molecular flexibility index (Phi) is 3.78. The highest BCUT2D eigenvalue weighted by atomic mass is 16.6. The number of benzene rings is 2. The molecule has 8 heteroatoms. The minimum Gasteiger partial charge on any atom is -0.478 e. The van der Waals surface area contributed by atoms with E-state index in [4.69, 9.17) is 5.11 Å². The molecule has 120 valence electrons. The van der Waals surface area contributed by atoms with Gasteiger partial charge in [-0.3, -0.25) is 19.5 Å². The van der Waals surface area contributed by atoms with E-state index in [2.05, 4.69) is 4.98 Å². The van der Waals surface area contributed by atoms with E-state index in [1.807, 2.05) is 0 Å². The van der Waals surface area contributed by atoms with Gasteiger partial charge in [0.15, 0.2) is 0 Å². The number of aromatic nitrogens is 2. The zero-order valence-corrected chi connectivity index (χ0v) is 12.2. The molecule has 8 nitrogen and oxygen atoms in total. The third-order valence-corrected chi connectivity index (χ3v) is 3.60. The van der Waals surface area contributed by atoms with Crippen molar-refractivity contribution in [3.8, 4) is 0 Å². The van der Waals surface area contributed by atoms with Crippen LogP contribution in [0.2, 0.25) is 0 Å². The molecule has 0 fully saturated rings. The summed E-state index contributed by atoms with van der Waals surface area (Å²) in [5, 5.41) is 20.3. The Hall–Kier alpha value is -3.55. The van der Waals surface area contributed by atoms with Gasteiger partial charge < -0.3 is 5.11 Å². The lowest BCUT2D eigenvalue weighted by atomic mass is 10.1. The minimum absolute atomic E-state index is 0.000388. The van der Waals surface area contributed by atoms with Gasteiger partial charge in [-0.25, -0.2) is 9.78 Å². The van der Waals surface area contributed by atoms with Crippen molar-refractivity contribution in [1.29, 1.82) is 0 Å². The van der Waals surface area contributed by atoms with Crippen molar-refractivity contribution in [2.24, 2.45) is 0 Å². The van der Waals surface area contributed by atoms with E-state index in [1.165, 1.54) is 35.2 Å². The molecular weight excluding hydrogens is 314 g/mol. The minimum atomic E-state index is -1.11. The van der Waals surface area contributed by atoms with E-state index in [9.17, 15) is 19.7 Å². The van der Waals surface area contributed by atoms with Crippen LogP contribution < -0.4 is 5.56 Å². The number of aromatic carboxylic acids is 1.